The number of carbonyl (C=O) groups is 1. The van der Waals surface area contributed by atoms with Crippen LogP contribution in [0.15, 0.2) is 73.1 Å². The van der Waals surface area contributed by atoms with Gasteiger partial charge < -0.3 is 9.30 Å². The summed E-state index contributed by atoms with van der Waals surface area (Å²) in [5, 5.41) is 1.25. The second kappa shape index (κ2) is 7.08. The molecule has 0 radical (unpaired) electrons. The van der Waals surface area contributed by atoms with Crippen LogP contribution in [0.4, 0.5) is 4.79 Å². The number of nitrogens with zero attached hydrogens (tertiary/aromatic N) is 2. The molecule has 4 rings (SSSR count). The summed E-state index contributed by atoms with van der Waals surface area (Å²) < 4.78 is 7.40. The van der Waals surface area contributed by atoms with E-state index in [0.717, 1.165) is 12.8 Å². The Morgan fingerprint density at radius 3 is 2.73 bits per heavy atom. The normalized spacial score (nSPS) is 17.3. The lowest BCUT2D eigenvalue weighted by Gasteiger charge is -2.17. The molecule has 0 aliphatic carbocycles. The molecule has 4 heteroatoms. The van der Waals surface area contributed by atoms with Gasteiger partial charge in [-0.15, -0.1) is 0 Å². The zero-order valence-corrected chi connectivity index (χ0v) is 14.8. The molecule has 26 heavy (non-hydrogen) atoms. The minimum absolute atomic E-state index is 0.0497. The maximum atomic E-state index is 12.1. The lowest BCUT2D eigenvalue weighted by atomic mass is 10.1. The number of amides is 1. The van der Waals surface area contributed by atoms with Crippen LogP contribution in [0.2, 0.25) is 0 Å². The maximum Gasteiger partial charge on any atom is 0.414 e. The number of para-hydroxylation sites is 1. The van der Waals surface area contributed by atoms with E-state index in [1.54, 1.807) is 4.90 Å². The number of aromatic nitrogens is 1. The molecule has 0 saturated carbocycles. The fourth-order valence-corrected chi connectivity index (χ4v) is 3.58. The van der Waals surface area contributed by atoms with Gasteiger partial charge in [-0.05, 0) is 30.0 Å². The minimum Gasteiger partial charge on any atom is -0.447 e. The maximum absolute atomic E-state index is 12.1. The fourth-order valence-electron chi connectivity index (χ4n) is 3.58. The van der Waals surface area contributed by atoms with E-state index in [-0.39, 0.29) is 12.1 Å². The zero-order valence-electron chi connectivity index (χ0n) is 14.8. The molecule has 1 amide bonds. The predicted molar refractivity (Wildman–Crippen MR) is 103 cm³/mol. The highest BCUT2D eigenvalue weighted by molar-refractivity contribution is 5.84. The Balaban J connectivity index is 1.48. The third-order valence-electron chi connectivity index (χ3n) is 4.90. The molecule has 1 aliphatic rings. The van der Waals surface area contributed by atoms with Crippen LogP contribution in [0.25, 0.3) is 10.9 Å². The summed E-state index contributed by atoms with van der Waals surface area (Å²) in [6.45, 7) is 0.437. The molecule has 2 aromatic carbocycles. The van der Waals surface area contributed by atoms with Crippen molar-refractivity contribution >= 4 is 17.0 Å². The average Bonchev–Trinajstić information content (AvgIpc) is 3.17. The summed E-state index contributed by atoms with van der Waals surface area (Å²) in [6, 6.07) is 18.6. The third-order valence-corrected chi connectivity index (χ3v) is 4.90. The summed E-state index contributed by atoms with van der Waals surface area (Å²) in [6.07, 6.45) is 7.39. The molecule has 0 bridgehead atoms. The van der Waals surface area contributed by atoms with Gasteiger partial charge in [0.05, 0.1) is 6.04 Å². The van der Waals surface area contributed by atoms with Crippen molar-refractivity contribution in [1.82, 2.24) is 9.47 Å². The van der Waals surface area contributed by atoms with E-state index in [2.05, 4.69) is 54.2 Å². The second-order valence-electron chi connectivity index (χ2n) is 6.70. The predicted octanol–water partition coefficient (Wildman–Crippen LogP) is 4.30. The molecule has 2 heterocycles. The first-order valence-corrected chi connectivity index (χ1v) is 8.91. The van der Waals surface area contributed by atoms with Gasteiger partial charge in [-0.25, -0.2) is 4.79 Å². The van der Waals surface area contributed by atoms with E-state index in [0.29, 0.717) is 6.61 Å². The van der Waals surface area contributed by atoms with Crippen molar-refractivity contribution in [3.63, 3.8) is 0 Å². The number of fused-ring (bicyclic) bond motifs is 1. The van der Waals surface area contributed by atoms with Crippen LogP contribution in [0, 0.1) is 0 Å². The minimum atomic E-state index is -0.264. The molecule has 4 nitrogen and oxygen atoms in total. The second-order valence-corrected chi connectivity index (χ2v) is 6.70. The van der Waals surface area contributed by atoms with Crippen LogP contribution in [0.3, 0.4) is 0 Å². The van der Waals surface area contributed by atoms with Gasteiger partial charge in [0.1, 0.15) is 6.61 Å². The lowest BCUT2D eigenvalue weighted by Crippen LogP contribution is -2.30. The Morgan fingerprint density at radius 1 is 1.12 bits per heavy atom. The molecule has 1 saturated heterocycles. The smallest absolute Gasteiger partial charge is 0.414 e. The molecular formula is C22H22N2O2. The van der Waals surface area contributed by atoms with E-state index in [1.165, 1.54) is 22.0 Å². The molecule has 1 aliphatic heterocycles. The van der Waals surface area contributed by atoms with Crippen LogP contribution in [0.1, 0.15) is 11.1 Å². The van der Waals surface area contributed by atoms with Gasteiger partial charge in [0.15, 0.2) is 0 Å². The van der Waals surface area contributed by atoms with Crippen molar-refractivity contribution in [2.45, 2.75) is 18.9 Å². The number of hydrogen-bond acceptors (Lipinski definition) is 2. The first-order valence-electron chi connectivity index (χ1n) is 8.91. The lowest BCUT2D eigenvalue weighted by molar-refractivity contribution is 0.166. The molecule has 0 unspecified atom stereocenters. The molecule has 0 spiro atoms. The summed E-state index contributed by atoms with van der Waals surface area (Å²) in [5.41, 5.74) is 3.69. The van der Waals surface area contributed by atoms with Crippen LogP contribution >= 0.6 is 0 Å². The number of benzene rings is 2. The van der Waals surface area contributed by atoms with Crippen LogP contribution < -0.4 is 0 Å². The summed E-state index contributed by atoms with van der Waals surface area (Å²) >= 11 is 0. The Bertz CT molecular complexity index is 943. The van der Waals surface area contributed by atoms with Gasteiger partial charge in [-0.3, -0.25) is 4.90 Å². The topological polar surface area (TPSA) is 34.5 Å². The molecule has 1 aromatic heterocycles. The van der Waals surface area contributed by atoms with E-state index in [4.69, 9.17) is 4.74 Å². The van der Waals surface area contributed by atoms with Crippen molar-refractivity contribution < 1.29 is 9.53 Å². The number of hydrogen-bond donors (Lipinski definition) is 0. The van der Waals surface area contributed by atoms with Gasteiger partial charge in [-0.2, -0.15) is 0 Å². The fraction of sp³-hybridized carbons (Fsp3) is 0.227. The Kier molecular flexibility index (Phi) is 4.48. The Morgan fingerprint density at radius 2 is 1.88 bits per heavy atom. The number of carbonyl (C=O) groups excluding carboxylic acids is 1. The van der Waals surface area contributed by atoms with E-state index >= 15 is 0 Å². The van der Waals surface area contributed by atoms with Crippen molar-refractivity contribution in [2.75, 3.05) is 6.61 Å². The highest BCUT2D eigenvalue weighted by Crippen LogP contribution is 2.22. The number of rotatable bonds is 5. The van der Waals surface area contributed by atoms with Crippen molar-refractivity contribution in [1.29, 1.82) is 0 Å². The summed E-state index contributed by atoms with van der Waals surface area (Å²) in [5.74, 6) is 0. The van der Waals surface area contributed by atoms with E-state index in [9.17, 15) is 4.79 Å². The van der Waals surface area contributed by atoms with E-state index < -0.39 is 0 Å². The van der Waals surface area contributed by atoms with E-state index in [1.807, 2.05) is 30.5 Å². The van der Waals surface area contributed by atoms with Crippen molar-refractivity contribution in [3.8, 4) is 0 Å². The van der Waals surface area contributed by atoms with Crippen LogP contribution in [-0.2, 0) is 24.6 Å². The van der Waals surface area contributed by atoms with Crippen molar-refractivity contribution in [3.05, 3.63) is 84.2 Å². The van der Waals surface area contributed by atoms with Gasteiger partial charge >= 0.3 is 6.09 Å². The van der Waals surface area contributed by atoms with Gasteiger partial charge in [0.2, 0.25) is 0 Å². The first-order chi connectivity index (χ1) is 12.7. The summed E-state index contributed by atoms with van der Waals surface area (Å²) in [7, 11) is 2.06. The molecule has 1 atom stereocenters. The Hall–Kier alpha value is -3.01. The summed E-state index contributed by atoms with van der Waals surface area (Å²) in [4.78, 5) is 13.8. The number of ether oxygens (including phenoxy) is 1. The standard InChI is InChI=1S/C22H22N2O2/c1-23-15-18(20-11-5-6-12-21(20)23)10-7-13-24-19(16-26-22(24)25)14-17-8-3-2-4-9-17/h2-9,11-13,15,19H,10,14,16H2,1H3/b13-7+/t19-/m0/s1. The Labute approximate surface area is 153 Å². The number of aryl methyl sites for hydroxylation is 1. The highest BCUT2D eigenvalue weighted by atomic mass is 16.6. The monoisotopic (exact) mass is 346 g/mol. The van der Waals surface area contributed by atoms with Crippen LogP contribution in [0.5, 0.6) is 0 Å². The quantitative estimate of drug-likeness (QED) is 0.690. The van der Waals surface area contributed by atoms with Crippen molar-refractivity contribution in [2.24, 2.45) is 7.05 Å². The molecule has 3 aromatic rings. The largest absolute Gasteiger partial charge is 0.447 e. The first kappa shape index (κ1) is 16.5. The van der Waals surface area contributed by atoms with Gasteiger partial charge in [0.25, 0.3) is 0 Å². The molecular weight excluding hydrogens is 324 g/mol. The SMILES string of the molecule is Cn1cc(C/C=C/N2C(=O)OC[C@@H]2Cc2ccccc2)c2ccccc21. The third kappa shape index (κ3) is 3.23. The zero-order chi connectivity index (χ0) is 17.9. The molecule has 132 valence electrons. The van der Waals surface area contributed by atoms with Gasteiger partial charge in [-0.1, -0.05) is 54.6 Å². The number of allylic oxidation sites excluding steroid dienone is 1. The van der Waals surface area contributed by atoms with Crippen LogP contribution in [-0.4, -0.2) is 28.2 Å². The average molecular weight is 346 g/mol. The molecule has 1 fully saturated rings. The molecule has 0 N–H and O–H groups in total. The highest BCUT2D eigenvalue weighted by Gasteiger charge is 2.31. The van der Waals surface area contributed by atoms with Gasteiger partial charge in [0, 0.05) is 30.3 Å². The number of cyclic esters (lactones) is 1.